The maximum Gasteiger partial charge on any atom is 0.0166 e. The van der Waals surface area contributed by atoms with Gasteiger partial charge in [-0.3, -0.25) is 0 Å². The molecule has 15 heavy (non-hydrogen) atoms. The lowest BCUT2D eigenvalue weighted by Gasteiger charge is -2.28. The van der Waals surface area contributed by atoms with Crippen LogP contribution < -0.4 is 0 Å². The molecule has 3 rings (SSSR count). The van der Waals surface area contributed by atoms with Crippen LogP contribution in [0.1, 0.15) is 51.4 Å². The van der Waals surface area contributed by atoms with Crippen LogP contribution in [0.5, 0.6) is 0 Å². The van der Waals surface area contributed by atoms with Gasteiger partial charge in [-0.1, -0.05) is 25.7 Å². The van der Waals surface area contributed by atoms with E-state index in [9.17, 15) is 0 Å². The van der Waals surface area contributed by atoms with Gasteiger partial charge in [-0.25, -0.2) is 0 Å². The van der Waals surface area contributed by atoms with Crippen molar-refractivity contribution in [1.29, 1.82) is 0 Å². The Morgan fingerprint density at radius 2 is 1.27 bits per heavy atom. The Morgan fingerprint density at radius 1 is 0.733 bits per heavy atom. The van der Waals surface area contributed by atoms with Crippen molar-refractivity contribution in [2.45, 2.75) is 61.9 Å². The first-order chi connectivity index (χ1) is 7.38. The van der Waals surface area contributed by atoms with Gasteiger partial charge in [0, 0.05) is 22.0 Å². The van der Waals surface area contributed by atoms with E-state index in [2.05, 4.69) is 23.5 Å². The van der Waals surface area contributed by atoms with Gasteiger partial charge in [0.1, 0.15) is 0 Å². The molecule has 1 saturated heterocycles. The Labute approximate surface area is 102 Å². The molecule has 0 radical (unpaired) electrons. The molecule has 2 saturated carbocycles. The van der Waals surface area contributed by atoms with Gasteiger partial charge in [0.05, 0.1) is 0 Å². The zero-order valence-corrected chi connectivity index (χ0v) is 11.2. The van der Waals surface area contributed by atoms with Crippen LogP contribution in [-0.4, -0.2) is 22.0 Å². The summed E-state index contributed by atoms with van der Waals surface area (Å²) in [6.45, 7) is 0. The topological polar surface area (TPSA) is 0 Å². The molecule has 3 aliphatic rings. The number of thioether (sulfide) groups is 2. The predicted octanol–water partition coefficient (Wildman–Crippen LogP) is 4.34. The van der Waals surface area contributed by atoms with Crippen molar-refractivity contribution in [3.8, 4) is 0 Å². The van der Waals surface area contributed by atoms with E-state index in [1.807, 2.05) is 0 Å². The first kappa shape index (κ1) is 10.8. The van der Waals surface area contributed by atoms with Gasteiger partial charge in [0.2, 0.25) is 0 Å². The van der Waals surface area contributed by atoms with E-state index in [1.165, 1.54) is 62.9 Å². The molecule has 1 aliphatic heterocycles. The summed E-state index contributed by atoms with van der Waals surface area (Å²) in [5.74, 6) is 2.97. The minimum absolute atomic E-state index is 0.771. The average molecular weight is 242 g/mol. The third kappa shape index (κ3) is 2.22. The Balaban J connectivity index is 1.68. The van der Waals surface area contributed by atoms with Crippen molar-refractivity contribution in [2.75, 3.05) is 11.5 Å². The molecule has 3 fully saturated rings. The number of fused-ring (bicyclic) bond motifs is 1. The SMILES string of the molecule is C1CC[C@H]2SCC3(CCCC3)CS[C@H]2C1. The lowest BCUT2D eigenvalue weighted by molar-refractivity contribution is 0.403. The highest BCUT2D eigenvalue weighted by atomic mass is 32.2. The molecule has 2 atom stereocenters. The lowest BCUT2D eigenvalue weighted by Crippen LogP contribution is -2.23. The summed E-state index contributed by atoms with van der Waals surface area (Å²) in [5.41, 5.74) is 0.771. The van der Waals surface area contributed by atoms with E-state index in [0.29, 0.717) is 0 Å². The largest absolute Gasteiger partial charge is 0.157 e. The average Bonchev–Trinajstić information content (AvgIpc) is 2.65. The minimum atomic E-state index is 0.771. The Bertz CT molecular complexity index is 203. The quantitative estimate of drug-likeness (QED) is 0.620. The van der Waals surface area contributed by atoms with Gasteiger partial charge >= 0.3 is 0 Å². The van der Waals surface area contributed by atoms with Gasteiger partial charge in [0.25, 0.3) is 0 Å². The molecule has 2 heteroatoms. The molecule has 0 N–H and O–H groups in total. The molecule has 0 aromatic heterocycles. The molecule has 0 bridgehead atoms. The Morgan fingerprint density at radius 3 is 1.80 bits per heavy atom. The van der Waals surface area contributed by atoms with Crippen molar-refractivity contribution in [2.24, 2.45) is 5.41 Å². The number of rotatable bonds is 0. The third-order valence-corrected chi connectivity index (χ3v) is 8.23. The van der Waals surface area contributed by atoms with Crippen LogP contribution in [0, 0.1) is 5.41 Å². The second-order valence-electron chi connectivity index (χ2n) is 5.69. The maximum atomic E-state index is 2.34. The fraction of sp³-hybridized carbons (Fsp3) is 1.00. The fourth-order valence-corrected chi connectivity index (χ4v) is 7.35. The number of hydrogen-bond donors (Lipinski definition) is 0. The number of hydrogen-bond acceptors (Lipinski definition) is 2. The van der Waals surface area contributed by atoms with Crippen molar-refractivity contribution < 1.29 is 0 Å². The van der Waals surface area contributed by atoms with Crippen LogP contribution >= 0.6 is 23.5 Å². The highest BCUT2D eigenvalue weighted by molar-refractivity contribution is 8.04. The fourth-order valence-electron chi connectivity index (χ4n) is 3.47. The van der Waals surface area contributed by atoms with E-state index in [4.69, 9.17) is 0 Å². The van der Waals surface area contributed by atoms with Crippen LogP contribution in [0.3, 0.4) is 0 Å². The lowest BCUT2D eigenvalue weighted by atomic mass is 9.91. The van der Waals surface area contributed by atoms with Crippen LogP contribution in [0.4, 0.5) is 0 Å². The molecule has 0 amide bonds. The summed E-state index contributed by atoms with van der Waals surface area (Å²) in [7, 11) is 0. The molecule has 0 aromatic rings. The molecule has 0 aromatic carbocycles. The monoisotopic (exact) mass is 242 g/mol. The first-order valence-electron chi connectivity index (χ1n) is 6.61. The van der Waals surface area contributed by atoms with Crippen molar-refractivity contribution >= 4 is 23.5 Å². The van der Waals surface area contributed by atoms with Gasteiger partial charge < -0.3 is 0 Å². The third-order valence-electron chi connectivity index (χ3n) is 4.51. The van der Waals surface area contributed by atoms with Gasteiger partial charge in [-0.2, -0.15) is 23.5 Å². The second kappa shape index (κ2) is 4.52. The second-order valence-corrected chi connectivity index (χ2v) is 8.15. The Kier molecular flexibility index (Phi) is 3.26. The van der Waals surface area contributed by atoms with Crippen LogP contribution in [-0.2, 0) is 0 Å². The van der Waals surface area contributed by atoms with Crippen molar-refractivity contribution in [1.82, 2.24) is 0 Å². The zero-order valence-electron chi connectivity index (χ0n) is 9.54. The normalized spacial score (nSPS) is 40.0. The van der Waals surface area contributed by atoms with E-state index >= 15 is 0 Å². The predicted molar refractivity (Wildman–Crippen MR) is 71.9 cm³/mol. The van der Waals surface area contributed by atoms with Gasteiger partial charge in [-0.05, 0) is 31.1 Å². The van der Waals surface area contributed by atoms with Crippen LogP contribution in [0.15, 0.2) is 0 Å². The van der Waals surface area contributed by atoms with Crippen molar-refractivity contribution in [3.05, 3.63) is 0 Å². The summed E-state index contributed by atoms with van der Waals surface area (Å²) >= 11 is 4.69. The minimum Gasteiger partial charge on any atom is -0.157 e. The van der Waals surface area contributed by atoms with Crippen molar-refractivity contribution in [3.63, 3.8) is 0 Å². The molecule has 0 nitrogen and oxygen atoms in total. The Hall–Kier alpha value is 0.700. The molecule has 0 unspecified atom stereocenters. The summed E-state index contributed by atoms with van der Waals surface area (Å²) in [4.78, 5) is 0. The van der Waals surface area contributed by atoms with E-state index in [0.717, 1.165) is 15.9 Å². The van der Waals surface area contributed by atoms with E-state index in [1.54, 1.807) is 0 Å². The van der Waals surface area contributed by atoms with Gasteiger partial charge in [0.15, 0.2) is 0 Å². The standard InChI is InChI=1S/C13H22S2/c1-2-6-12-11(5-1)14-9-13(10-15-12)7-3-4-8-13/h11-12H,1-10H2/t11-,12+. The summed E-state index contributed by atoms with van der Waals surface area (Å²) < 4.78 is 0. The van der Waals surface area contributed by atoms with E-state index < -0.39 is 0 Å². The zero-order chi connectivity index (χ0) is 10.1. The summed E-state index contributed by atoms with van der Waals surface area (Å²) in [5, 5.41) is 2.03. The van der Waals surface area contributed by atoms with E-state index in [-0.39, 0.29) is 0 Å². The van der Waals surface area contributed by atoms with Gasteiger partial charge in [-0.15, -0.1) is 0 Å². The highest BCUT2D eigenvalue weighted by Gasteiger charge is 2.40. The smallest absolute Gasteiger partial charge is 0.0166 e. The molecule has 1 heterocycles. The first-order valence-corrected chi connectivity index (χ1v) is 8.71. The van der Waals surface area contributed by atoms with Crippen LogP contribution in [0.25, 0.3) is 0 Å². The molecular formula is C13H22S2. The maximum absolute atomic E-state index is 2.34. The molecular weight excluding hydrogens is 220 g/mol. The summed E-state index contributed by atoms with van der Waals surface area (Å²) in [6, 6.07) is 0. The summed E-state index contributed by atoms with van der Waals surface area (Å²) in [6.07, 6.45) is 12.1. The molecule has 1 spiro atoms. The molecule has 2 aliphatic carbocycles. The molecule has 86 valence electrons. The van der Waals surface area contributed by atoms with Crippen LogP contribution in [0.2, 0.25) is 0 Å². The highest BCUT2D eigenvalue weighted by Crippen LogP contribution is 2.50.